The summed E-state index contributed by atoms with van der Waals surface area (Å²) in [6, 6.07) is 14.4. The molecule has 0 aliphatic rings. The van der Waals surface area contributed by atoms with E-state index in [0.717, 1.165) is 35.8 Å². The Balaban J connectivity index is 2.01. The highest BCUT2D eigenvalue weighted by molar-refractivity contribution is 5.46. The molecule has 4 nitrogen and oxygen atoms in total. The second-order valence-electron chi connectivity index (χ2n) is 5.45. The smallest absolute Gasteiger partial charge is 0.165 e. The number of ether oxygens (including phenoxy) is 3. The molecular weight excluding hydrogens is 290 g/mol. The predicted molar refractivity (Wildman–Crippen MR) is 92.5 cm³/mol. The molecule has 0 bridgehead atoms. The summed E-state index contributed by atoms with van der Waals surface area (Å²) in [5.74, 6) is 2.47. The zero-order valence-corrected chi connectivity index (χ0v) is 14.3. The maximum atomic E-state index is 5.47. The van der Waals surface area contributed by atoms with Crippen LogP contribution in [-0.4, -0.2) is 27.4 Å². The number of benzene rings is 2. The van der Waals surface area contributed by atoms with Gasteiger partial charge in [-0.05, 0) is 31.0 Å². The summed E-state index contributed by atoms with van der Waals surface area (Å²) >= 11 is 0. The van der Waals surface area contributed by atoms with Crippen LogP contribution in [-0.2, 0) is 13.0 Å². The van der Waals surface area contributed by atoms with Gasteiger partial charge in [-0.3, -0.25) is 0 Å². The van der Waals surface area contributed by atoms with Gasteiger partial charge in [0.2, 0.25) is 0 Å². The Labute approximate surface area is 138 Å². The van der Waals surface area contributed by atoms with E-state index in [-0.39, 0.29) is 0 Å². The van der Waals surface area contributed by atoms with Crippen molar-refractivity contribution >= 4 is 0 Å². The van der Waals surface area contributed by atoms with Crippen molar-refractivity contribution in [3.8, 4) is 17.2 Å². The van der Waals surface area contributed by atoms with Crippen LogP contribution in [0.2, 0.25) is 0 Å². The highest BCUT2D eigenvalue weighted by atomic mass is 16.5. The molecule has 4 heteroatoms. The summed E-state index contributed by atoms with van der Waals surface area (Å²) in [6.07, 6.45) is 0.899. The summed E-state index contributed by atoms with van der Waals surface area (Å²) in [4.78, 5) is 0. The molecule has 1 atom stereocenters. The average molecular weight is 315 g/mol. The Kier molecular flexibility index (Phi) is 6.29. The van der Waals surface area contributed by atoms with E-state index in [1.165, 1.54) is 5.56 Å². The highest BCUT2D eigenvalue weighted by Crippen LogP contribution is 2.30. The minimum atomic E-state index is 0.308. The lowest BCUT2D eigenvalue weighted by Gasteiger charge is -2.18. The fourth-order valence-corrected chi connectivity index (χ4v) is 2.65. The molecule has 2 aromatic rings. The van der Waals surface area contributed by atoms with E-state index in [4.69, 9.17) is 14.2 Å². The Morgan fingerprint density at radius 3 is 2.17 bits per heavy atom. The van der Waals surface area contributed by atoms with Crippen LogP contribution in [0.4, 0.5) is 0 Å². The Morgan fingerprint density at radius 2 is 1.48 bits per heavy atom. The molecule has 0 aliphatic heterocycles. The molecule has 0 aromatic heterocycles. The average Bonchev–Trinajstić information content (AvgIpc) is 2.59. The molecular formula is C19H25NO3. The Bertz CT molecular complexity index is 628. The van der Waals surface area contributed by atoms with Crippen molar-refractivity contribution in [2.24, 2.45) is 0 Å². The zero-order chi connectivity index (χ0) is 16.7. The molecule has 0 radical (unpaired) electrons. The fraction of sp³-hybridized carbons (Fsp3) is 0.368. The van der Waals surface area contributed by atoms with Gasteiger partial charge in [0.1, 0.15) is 5.75 Å². The first-order valence-corrected chi connectivity index (χ1v) is 7.74. The first-order chi connectivity index (χ1) is 11.2. The van der Waals surface area contributed by atoms with Gasteiger partial charge in [-0.2, -0.15) is 0 Å². The summed E-state index contributed by atoms with van der Waals surface area (Å²) in [7, 11) is 5.02. The minimum absolute atomic E-state index is 0.308. The third kappa shape index (κ3) is 4.39. The fourth-order valence-electron chi connectivity index (χ4n) is 2.65. The first-order valence-electron chi connectivity index (χ1n) is 7.74. The maximum Gasteiger partial charge on any atom is 0.165 e. The van der Waals surface area contributed by atoms with Gasteiger partial charge in [0.15, 0.2) is 11.5 Å². The summed E-state index contributed by atoms with van der Waals surface area (Å²) in [5.41, 5.74) is 2.28. The summed E-state index contributed by atoms with van der Waals surface area (Å²) in [6.45, 7) is 2.88. The summed E-state index contributed by atoms with van der Waals surface area (Å²) in [5, 5.41) is 3.53. The van der Waals surface area contributed by atoms with E-state index >= 15 is 0 Å². The number of rotatable bonds is 8. The highest BCUT2D eigenvalue weighted by Gasteiger charge is 2.12. The molecule has 1 N–H and O–H groups in total. The molecule has 124 valence electrons. The van der Waals surface area contributed by atoms with E-state index in [1.54, 1.807) is 21.3 Å². The number of hydrogen-bond acceptors (Lipinski definition) is 4. The number of hydrogen-bond donors (Lipinski definition) is 1. The predicted octanol–water partition coefficient (Wildman–Crippen LogP) is 3.43. The van der Waals surface area contributed by atoms with Crippen LogP contribution < -0.4 is 19.5 Å². The van der Waals surface area contributed by atoms with Crippen molar-refractivity contribution in [2.45, 2.75) is 25.9 Å². The molecule has 0 spiro atoms. The van der Waals surface area contributed by atoms with Gasteiger partial charge < -0.3 is 19.5 Å². The van der Waals surface area contributed by atoms with Gasteiger partial charge in [-0.15, -0.1) is 0 Å². The lowest BCUT2D eigenvalue weighted by Crippen LogP contribution is -2.28. The Hall–Kier alpha value is -2.20. The van der Waals surface area contributed by atoms with Crippen LogP contribution in [0.1, 0.15) is 18.1 Å². The van der Waals surface area contributed by atoms with Crippen LogP contribution in [0.15, 0.2) is 42.5 Å². The van der Waals surface area contributed by atoms with E-state index in [0.29, 0.717) is 6.04 Å². The van der Waals surface area contributed by atoms with Crippen molar-refractivity contribution in [3.05, 3.63) is 53.6 Å². The van der Waals surface area contributed by atoms with Crippen LogP contribution in [0.25, 0.3) is 0 Å². The quantitative estimate of drug-likeness (QED) is 0.810. The first kappa shape index (κ1) is 17.2. The monoisotopic (exact) mass is 315 g/mol. The molecule has 0 saturated heterocycles. The van der Waals surface area contributed by atoms with Gasteiger partial charge in [-0.25, -0.2) is 0 Å². The molecule has 0 amide bonds. The number of methoxy groups -OCH3 is 3. The Morgan fingerprint density at radius 1 is 0.826 bits per heavy atom. The third-order valence-electron chi connectivity index (χ3n) is 3.84. The molecule has 1 unspecified atom stereocenters. The van der Waals surface area contributed by atoms with E-state index in [1.807, 2.05) is 36.4 Å². The SMILES string of the molecule is COc1ccccc1CC(C)NCc1cccc(OC)c1OC. The van der Waals surface area contributed by atoms with Gasteiger partial charge in [0.05, 0.1) is 21.3 Å². The van der Waals surface area contributed by atoms with E-state index in [9.17, 15) is 0 Å². The topological polar surface area (TPSA) is 39.7 Å². The van der Waals surface area contributed by atoms with Crippen molar-refractivity contribution < 1.29 is 14.2 Å². The molecule has 0 heterocycles. The minimum Gasteiger partial charge on any atom is -0.496 e. The van der Waals surface area contributed by atoms with Crippen LogP contribution in [0.3, 0.4) is 0 Å². The summed E-state index contributed by atoms with van der Waals surface area (Å²) < 4.78 is 16.2. The van der Waals surface area contributed by atoms with Crippen LogP contribution in [0.5, 0.6) is 17.2 Å². The second kappa shape index (κ2) is 8.44. The van der Waals surface area contributed by atoms with E-state index < -0.39 is 0 Å². The second-order valence-corrected chi connectivity index (χ2v) is 5.45. The number of para-hydroxylation sites is 2. The van der Waals surface area contributed by atoms with Crippen molar-refractivity contribution in [2.75, 3.05) is 21.3 Å². The van der Waals surface area contributed by atoms with Crippen LogP contribution >= 0.6 is 0 Å². The molecule has 0 fully saturated rings. The van der Waals surface area contributed by atoms with Crippen molar-refractivity contribution in [1.29, 1.82) is 0 Å². The largest absolute Gasteiger partial charge is 0.496 e. The van der Waals surface area contributed by atoms with Gasteiger partial charge in [-0.1, -0.05) is 30.3 Å². The maximum absolute atomic E-state index is 5.47. The van der Waals surface area contributed by atoms with Gasteiger partial charge in [0, 0.05) is 18.2 Å². The zero-order valence-electron chi connectivity index (χ0n) is 14.3. The lowest BCUT2D eigenvalue weighted by atomic mass is 10.1. The van der Waals surface area contributed by atoms with Crippen LogP contribution in [0, 0.1) is 0 Å². The van der Waals surface area contributed by atoms with E-state index in [2.05, 4.69) is 18.3 Å². The standard InChI is InChI=1S/C19H25NO3/c1-14(12-15-8-5-6-10-17(15)21-2)20-13-16-9-7-11-18(22-3)19(16)23-4/h5-11,14,20H,12-13H2,1-4H3. The lowest BCUT2D eigenvalue weighted by molar-refractivity contribution is 0.350. The molecule has 2 aromatic carbocycles. The molecule has 0 aliphatic carbocycles. The van der Waals surface area contributed by atoms with Crippen molar-refractivity contribution in [1.82, 2.24) is 5.32 Å². The normalized spacial score (nSPS) is 11.8. The van der Waals surface area contributed by atoms with Crippen molar-refractivity contribution in [3.63, 3.8) is 0 Å². The number of nitrogens with one attached hydrogen (secondary N) is 1. The van der Waals surface area contributed by atoms with Gasteiger partial charge in [0.25, 0.3) is 0 Å². The molecule has 2 rings (SSSR count). The molecule has 0 saturated carbocycles. The third-order valence-corrected chi connectivity index (χ3v) is 3.84. The van der Waals surface area contributed by atoms with Gasteiger partial charge >= 0.3 is 0 Å². The molecule has 23 heavy (non-hydrogen) atoms.